The summed E-state index contributed by atoms with van der Waals surface area (Å²) in [6.07, 6.45) is 2.60. The van der Waals surface area contributed by atoms with Crippen molar-refractivity contribution in [3.8, 4) is 0 Å². The summed E-state index contributed by atoms with van der Waals surface area (Å²) in [6, 6.07) is 5.77. The van der Waals surface area contributed by atoms with E-state index in [4.69, 9.17) is 32.9 Å². The lowest BCUT2D eigenvalue weighted by Gasteiger charge is -2.14. The van der Waals surface area contributed by atoms with Gasteiger partial charge in [0.25, 0.3) is 0 Å². The second kappa shape index (κ2) is 7.47. The Morgan fingerprint density at radius 2 is 2.13 bits per heavy atom. The largest absolute Gasteiger partial charge is 0.376 e. The highest BCUT2D eigenvalue weighted by Gasteiger charge is 2.20. The summed E-state index contributed by atoms with van der Waals surface area (Å²) >= 11 is 13.8. The third-order valence-corrected chi connectivity index (χ3v) is 5.97. The van der Waals surface area contributed by atoms with Crippen molar-refractivity contribution in [1.82, 2.24) is 9.55 Å². The monoisotopic (exact) mass is 370 g/mol. The molecule has 0 amide bonds. The highest BCUT2D eigenvalue weighted by atomic mass is 35.5. The first-order valence-electron chi connectivity index (χ1n) is 7.76. The van der Waals surface area contributed by atoms with Gasteiger partial charge < -0.3 is 9.30 Å². The Hall–Kier alpha value is -0.680. The smallest absolute Gasteiger partial charge is 0.168 e. The standard InChI is InChI=1S/C17H20Cl2N2OS/c1-11-12(2)21(9-14-4-3-7-22-14)17(20-11)23-10-13-5-6-15(18)16(19)8-13/h5-6,8,14H,3-4,7,9-10H2,1-2H3/t14-/m1/s1. The first-order valence-corrected chi connectivity index (χ1v) is 9.51. The van der Waals surface area contributed by atoms with Gasteiger partial charge in [-0.15, -0.1) is 0 Å². The fraction of sp³-hybridized carbons (Fsp3) is 0.471. The number of halogens is 2. The Balaban J connectivity index is 1.73. The van der Waals surface area contributed by atoms with Gasteiger partial charge in [-0.1, -0.05) is 41.0 Å². The summed E-state index contributed by atoms with van der Waals surface area (Å²) in [5, 5.41) is 2.23. The van der Waals surface area contributed by atoms with E-state index in [1.165, 1.54) is 5.69 Å². The lowest BCUT2D eigenvalue weighted by molar-refractivity contribution is 0.0945. The van der Waals surface area contributed by atoms with Crippen LogP contribution < -0.4 is 0 Å². The fourth-order valence-electron chi connectivity index (χ4n) is 2.72. The number of hydrogen-bond donors (Lipinski definition) is 0. The van der Waals surface area contributed by atoms with Gasteiger partial charge in [-0.05, 0) is 44.4 Å². The van der Waals surface area contributed by atoms with Crippen molar-refractivity contribution in [2.45, 2.75) is 50.2 Å². The molecule has 1 aliphatic rings. The average Bonchev–Trinajstić information content (AvgIpc) is 3.13. The number of aryl methyl sites for hydroxylation is 1. The van der Waals surface area contributed by atoms with Gasteiger partial charge in [0.05, 0.1) is 28.4 Å². The van der Waals surface area contributed by atoms with Crippen LogP contribution in [0.15, 0.2) is 23.4 Å². The molecule has 1 aromatic heterocycles. The molecule has 1 fully saturated rings. The molecule has 2 aromatic rings. The molecule has 0 radical (unpaired) electrons. The Bertz CT molecular complexity index is 696. The van der Waals surface area contributed by atoms with Gasteiger partial charge in [0, 0.05) is 18.1 Å². The first-order chi connectivity index (χ1) is 11.0. The number of benzene rings is 1. The summed E-state index contributed by atoms with van der Waals surface area (Å²) in [5.41, 5.74) is 3.45. The van der Waals surface area contributed by atoms with Crippen LogP contribution in [-0.4, -0.2) is 22.3 Å². The maximum Gasteiger partial charge on any atom is 0.168 e. The Morgan fingerprint density at radius 1 is 1.30 bits per heavy atom. The predicted molar refractivity (Wildman–Crippen MR) is 96.7 cm³/mol. The van der Waals surface area contributed by atoms with E-state index in [2.05, 4.69) is 18.4 Å². The van der Waals surface area contributed by atoms with Crippen molar-refractivity contribution >= 4 is 35.0 Å². The summed E-state index contributed by atoms with van der Waals surface area (Å²) in [4.78, 5) is 4.72. The zero-order chi connectivity index (χ0) is 16.4. The molecule has 6 heteroatoms. The third-order valence-electron chi connectivity index (χ3n) is 4.18. The zero-order valence-electron chi connectivity index (χ0n) is 13.3. The van der Waals surface area contributed by atoms with Crippen LogP contribution in [0, 0.1) is 13.8 Å². The van der Waals surface area contributed by atoms with Crippen molar-refractivity contribution in [3.05, 3.63) is 45.2 Å². The lowest BCUT2D eigenvalue weighted by atomic mass is 10.2. The minimum Gasteiger partial charge on any atom is -0.376 e. The van der Waals surface area contributed by atoms with Crippen molar-refractivity contribution in [1.29, 1.82) is 0 Å². The van der Waals surface area contributed by atoms with Crippen molar-refractivity contribution in [2.75, 3.05) is 6.61 Å². The molecule has 0 saturated carbocycles. The normalized spacial score (nSPS) is 17.8. The zero-order valence-corrected chi connectivity index (χ0v) is 15.6. The van der Waals surface area contributed by atoms with Gasteiger partial charge in [0.1, 0.15) is 0 Å². The molecule has 2 heterocycles. The molecule has 1 saturated heterocycles. The predicted octanol–water partition coefficient (Wildman–Crippen LogP) is 5.28. The molecule has 0 N–H and O–H groups in total. The summed E-state index contributed by atoms with van der Waals surface area (Å²) in [6.45, 7) is 5.95. The van der Waals surface area contributed by atoms with Crippen LogP contribution in [-0.2, 0) is 17.0 Å². The Labute approximate surface area is 151 Å². The SMILES string of the molecule is Cc1nc(SCc2ccc(Cl)c(Cl)c2)n(C[C@H]2CCCO2)c1C. The molecule has 0 aliphatic carbocycles. The lowest BCUT2D eigenvalue weighted by Crippen LogP contribution is -2.16. The highest BCUT2D eigenvalue weighted by molar-refractivity contribution is 7.98. The average molecular weight is 371 g/mol. The molecule has 3 rings (SSSR count). The van der Waals surface area contributed by atoms with E-state index in [0.29, 0.717) is 16.1 Å². The molecule has 124 valence electrons. The Kier molecular flexibility index (Phi) is 5.57. The summed E-state index contributed by atoms with van der Waals surface area (Å²) in [5.74, 6) is 0.818. The van der Waals surface area contributed by atoms with Gasteiger partial charge in [-0.2, -0.15) is 0 Å². The van der Waals surface area contributed by atoms with Crippen LogP contribution in [0.2, 0.25) is 10.0 Å². The third kappa shape index (κ3) is 4.05. The van der Waals surface area contributed by atoms with E-state index in [9.17, 15) is 0 Å². The van der Waals surface area contributed by atoms with Crippen LogP contribution in [0.25, 0.3) is 0 Å². The molecular formula is C17H20Cl2N2OS. The van der Waals surface area contributed by atoms with Crippen LogP contribution in [0.3, 0.4) is 0 Å². The number of nitrogens with zero attached hydrogens (tertiary/aromatic N) is 2. The van der Waals surface area contributed by atoms with Crippen LogP contribution in [0.1, 0.15) is 29.8 Å². The number of hydrogen-bond acceptors (Lipinski definition) is 3. The van der Waals surface area contributed by atoms with Crippen LogP contribution >= 0.6 is 35.0 Å². The van der Waals surface area contributed by atoms with Crippen LogP contribution in [0.5, 0.6) is 0 Å². The number of aromatic nitrogens is 2. The second-order valence-corrected chi connectivity index (χ2v) is 7.60. The second-order valence-electron chi connectivity index (χ2n) is 5.85. The molecule has 0 unspecified atom stereocenters. The molecule has 0 spiro atoms. The quantitative estimate of drug-likeness (QED) is 0.670. The van der Waals surface area contributed by atoms with Gasteiger partial charge in [0.2, 0.25) is 0 Å². The first kappa shape index (κ1) is 17.2. The molecule has 1 atom stereocenters. The van der Waals surface area contributed by atoms with Gasteiger partial charge in [-0.3, -0.25) is 0 Å². The Morgan fingerprint density at radius 3 is 2.83 bits per heavy atom. The van der Waals surface area contributed by atoms with E-state index < -0.39 is 0 Å². The molecule has 1 aliphatic heterocycles. The molecule has 23 heavy (non-hydrogen) atoms. The number of thioether (sulfide) groups is 1. The number of imidazole rings is 1. The maximum absolute atomic E-state index is 6.09. The van der Waals surface area contributed by atoms with Crippen molar-refractivity contribution < 1.29 is 4.74 Å². The van der Waals surface area contributed by atoms with E-state index in [1.807, 2.05) is 18.2 Å². The van der Waals surface area contributed by atoms with E-state index in [0.717, 1.165) is 48.2 Å². The van der Waals surface area contributed by atoms with E-state index >= 15 is 0 Å². The highest BCUT2D eigenvalue weighted by Crippen LogP contribution is 2.29. The molecule has 1 aromatic carbocycles. The van der Waals surface area contributed by atoms with Crippen molar-refractivity contribution in [2.24, 2.45) is 0 Å². The van der Waals surface area contributed by atoms with Gasteiger partial charge in [0.15, 0.2) is 5.16 Å². The van der Waals surface area contributed by atoms with Crippen LogP contribution in [0.4, 0.5) is 0 Å². The molecule has 3 nitrogen and oxygen atoms in total. The van der Waals surface area contributed by atoms with Crippen molar-refractivity contribution in [3.63, 3.8) is 0 Å². The molecule has 0 bridgehead atoms. The number of ether oxygens (including phenoxy) is 1. The summed E-state index contributed by atoms with van der Waals surface area (Å²) in [7, 11) is 0. The van der Waals surface area contributed by atoms with E-state index in [1.54, 1.807) is 11.8 Å². The minimum atomic E-state index is 0.312. The molecular weight excluding hydrogens is 351 g/mol. The summed E-state index contributed by atoms with van der Waals surface area (Å²) < 4.78 is 8.06. The van der Waals surface area contributed by atoms with E-state index in [-0.39, 0.29) is 0 Å². The maximum atomic E-state index is 6.09. The topological polar surface area (TPSA) is 27.1 Å². The fourth-order valence-corrected chi connectivity index (χ4v) is 4.08. The number of rotatable bonds is 5. The minimum absolute atomic E-state index is 0.312. The van der Waals surface area contributed by atoms with Gasteiger partial charge >= 0.3 is 0 Å². The van der Waals surface area contributed by atoms with Gasteiger partial charge in [-0.25, -0.2) is 4.98 Å².